The monoisotopic (exact) mass is 288 g/mol. The lowest BCUT2D eigenvalue weighted by Crippen LogP contribution is -2.32. The molecule has 5 nitrogen and oxygen atoms in total. The molecule has 0 saturated heterocycles. The molecule has 1 aromatic rings. The molecule has 1 atom stereocenters. The first-order valence-electron chi connectivity index (χ1n) is 6.04. The van der Waals surface area contributed by atoms with Gasteiger partial charge in [-0.2, -0.15) is 0 Å². The van der Waals surface area contributed by atoms with E-state index >= 15 is 0 Å². The van der Waals surface area contributed by atoms with Gasteiger partial charge in [-0.15, -0.1) is 12.4 Å². The molecule has 0 saturated carbocycles. The molecule has 0 spiro atoms. The predicted molar refractivity (Wildman–Crippen MR) is 78.3 cm³/mol. The molecule has 0 aliphatic carbocycles. The van der Waals surface area contributed by atoms with Crippen molar-refractivity contribution in [3.63, 3.8) is 0 Å². The number of nitrogens with one attached hydrogen (secondary N) is 1. The summed E-state index contributed by atoms with van der Waals surface area (Å²) in [4.78, 5) is 11.6. The van der Waals surface area contributed by atoms with Crippen LogP contribution in [0.5, 0.6) is 11.5 Å². The van der Waals surface area contributed by atoms with Crippen LogP contribution in [0.1, 0.15) is 20.8 Å². The molecule has 0 heterocycles. The fraction of sp³-hybridized carbons (Fsp3) is 0.462. The standard InChI is InChI=1S/C13H20N2O3.ClH/c1-4-17-10-6-7-12(18-5-2)11(8-10)15-13(16)9(3)14;/h6-9H,4-5,14H2,1-3H3,(H,15,16);1H/t9-;/m1./s1. The topological polar surface area (TPSA) is 73.6 Å². The number of carbonyl (C=O) groups is 1. The number of carbonyl (C=O) groups excluding carboxylic acids is 1. The van der Waals surface area contributed by atoms with Crippen molar-refractivity contribution in [1.82, 2.24) is 0 Å². The SMILES string of the molecule is CCOc1ccc(OCC)c(NC(=O)[C@@H](C)N)c1.Cl. The average molecular weight is 289 g/mol. The van der Waals surface area contributed by atoms with Gasteiger partial charge in [-0.3, -0.25) is 4.79 Å². The molecule has 0 radical (unpaired) electrons. The van der Waals surface area contributed by atoms with Gasteiger partial charge in [0.2, 0.25) is 5.91 Å². The summed E-state index contributed by atoms with van der Waals surface area (Å²) in [5.41, 5.74) is 6.09. The highest BCUT2D eigenvalue weighted by molar-refractivity contribution is 5.95. The molecule has 1 amide bonds. The highest BCUT2D eigenvalue weighted by atomic mass is 35.5. The summed E-state index contributed by atoms with van der Waals surface area (Å²) < 4.78 is 10.8. The maximum Gasteiger partial charge on any atom is 0.241 e. The smallest absolute Gasteiger partial charge is 0.241 e. The van der Waals surface area contributed by atoms with E-state index in [0.29, 0.717) is 30.4 Å². The molecule has 3 N–H and O–H groups in total. The molecule has 108 valence electrons. The second-order valence-electron chi connectivity index (χ2n) is 3.80. The van der Waals surface area contributed by atoms with Gasteiger partial charge in [0.25, 0.3) is 0 Å². The molecule has 1 rings (SSSR count). The Bertz CT molecular complexity index is 411. The van der Waals surface area contributed by atoms with E-state index in [-0.39, 0.29) is 18.3 Å². The number of anilines is 1. The molecule has 19 heavy (non-hydrogen) atoms. The quantitative estimate of drug-likeness (QED) is 0.841. The zero-order valence-electron chi connectivity index (χ0n) is 11.4. The molecule has 0 bridgehead atoms. The number of rotatable bonds is 6. The summed E-state index contributed by atoms with van der Waals surface area (Å²) in [5.74, 6) is 1.03. The summed E-state index contributed by atoms with van der Waals surface area (Å²) in [6.45, 7) is 6.50. The lowest BCUT2D eigenvalue weighted by molar-refractivity contribution is -0.117. The molecular formula is C13H21ClN2O3. The first-order chi connectivity index (χ1) is 8.58. The first kappa shape index (κ1) is 17.5. The second kappa shape index (κ2) is 8.61. The number of benzene rings is 1. The third-order valence-electron chi connectivity index (χ3n) is 2.23. The van der Waals surface area contributed by atoms with Crippen LogP contribution in [-0.2, 0) is 4.79 Å². The van der Waals surface area contributed by atoms with Gasteiger partial charge in [0.1, 0.15) is 11.5 Å². The zero-order chi connectivity index (χ0) is 13.5. The third-order valence-corrected chi connectivity index (χ3v) is 2.23. The Morgan fingerprint density at radius 1 is 1.32 bits per heavy atom. The van der Waals surface area contributed by atoms with Crippen LogP contribution in [0.2, 0.25) is 0 Å². The number of hydrogen-bond acceptors (Lipinski definition) is 4. The van der Waals surface area contributed by atoms with Gasteiger partial charge < -0.3 is 20.5 Å². The van der Waals surface area contributed by atoms with E-state index in [4.69, 9.17) is 15.2 Å². The average Bonchev–Trinajstić information content (AvgIpc) is 2.33. The van der Waals surface area contributed by atoms with Crippen LogP contribution < -0.4 is 20.5 Å². The predicted octanol–water partition coefficient (Wildman–Crippen LogP) is 2.19. The summed E-state index contributed by atoms with van der Waals surface area (Å²) in [5, 5.41) is 2.72. The number of ether oxygens (including phenoxy) is 2. The van der Waals surface area contributed by atoms with E-state index in [1.165, 1.54) is 0 Å². The molecule has 1 aromatic carbocycles. The molecule has 6 heteroatoms. The normalized spacial score (nSPS) is 11.2. The lowest BCUT2D eigenvalue weighted by Gasteiger charge is -2.14. The van der Waals surface area contributed by atoms with Gasteiger partial charge in [-0.05, 0) is 32.9 Å². The van der Waals surface area contributed by atoms with Crippen LogP contribution in [0.25, 0.3) is 0 Å². The van der Waals surface area contributed by atoms with E-state index in [9.17, 15) is 4.79 Å². The Morgan fingerprint density at radius 2 is 1.95 bits per heavy atom. The first-order valence-corrected chi connectivity index (χ1v) is 6.04. The summed E-state index contributed by atoms with van der Waals surface area (Å²) >= 11 is 0. The van der Waals surface area contributed by atoms with Crippen molar-refractivity contribution in [2.75, 3.05) is 18.5 Å². The maximum absolute atomic E-state index is 11.6. The number of amides is 1. The summed E-state index contributed by atoms with van der Waals surface area (Å²) in [6.07, 6.45) is 0. The molecular weight excluding hydrogens is 268 g/mol. The second-order valence-corrected chi connectivity index (χ2v) is 3.80. The van der Waals surface area contributed by atoms with Crippen molar-refractivity contribution in [3.8, 4) is 11.5 Å². The van der Waals surface area contributed by atoms with Crippen molar-refractivity contribution in [1.29, 1.82) is 0 Å². The highest BCUT2D eigenvalue weighted by Crippen LogP contribution is 2.29. The number of hydrogen-bond donors (Lipinski definition) is 2. The fourth-order valence-corrected chi connectivity index (χ4v) is 1.39. The van der Waals surface area contributed by atoms with Gasteiger partial charge in [-0.25, -0.2) is 0 Å². The molecule has 0 unspecified atom stereocenters. The van der Waals surface area contributed by atoms with Crippen molar-refractivity contribution in [3.05, 3.63) is 18.2 Å². The minimum Gasteiger partial charge on any atom is -0.494 e. The van der Waals surface area contributed by atoms with E-state index in [1.807, 2.05) is 13.8 Å². The number of nitrogens with two attached hydrogens (primary N) is 1. The van der Waals surface area contributed by atoms with Gasteiger partial charge in [0.15, 0.2) is 0 Å². The fourth-order valence-electron chi connectivity index (χ4n) is 1.39. The van der Waals surface area contributed by atoms with E-state index in [0.717, 1.165) is 0 Å². The van der Waals surface area contributed by atoms with Gasteiger partial charge >= 0.3 is 0 Å². The summed E-state index contributed by atoms with van der Waals surface area (Å²) in [7, 11) is 0. The van der Waals surface area contributed by atoms with Crippen molar-refractivity contribution in [2.45, 2.75) is 26.8 Å². The van der Waals surface area contributed by atoms with Crippen LogP contribution in [0, 0.1) is 0 Å². The van der Waals surface area contributed by atoms with Crippen LogP contribution in [0.15, 0.2) is 18.2 Å². The minimum atomic E-state index is -0.574. The Balaban J connectivity index is 0.00000324. The lowest BCUT2D eigenvalue weighted by atomic mass is 10.2. The van der Waals surface area contributed by atoms with E-state index in [1.54, 1.807) is 25.1 Å². The molecule has 0 aliphatic rings. The van der Waals surface area contributed by atoms with Crippen molar-refractivity contribution >= 4 is 24.0 Å². The van der Waals surface area contributed by atoms with Crippen LogP contribution in [0.3, 0.4) is 0 Å². The third kappa shape index (κ3) is 5.36. The Kier molecular flexibility index (Phi) is 7.95. The molecule has 0 fully saturated rings. The largest absolute Gasteiger partial charge is 0.494 e. The van der Waals surface area contributed by atoms with Crippen molar-refractivity contribution < 1.29 is 14.3 Å². The number of halogens is 1. The van der Waals surface area contributed by atoms with Crippen LogP contribution >= 0.6 is 12.4 Å². The van der Waals surface area contributed by atoms with Crippen molar-refractivity contribution in [2.24, 2.45) is 5.73 Å². The van der Waals surface area contributed by atoms with Gasteiger partial charge in [0.05, 0.1) is 24.9 Å². The minimum absolute atomic E-state index is 0. The van der Waals surface area contributed by atoms with E-state index in [2.05, 4.69) is 5.32 Å². The summed E-state index contributed by atoms with van der Waals surface area (Å²) in [6, 6.07) is 4.73. The zero-order valence-corrected chi connectivity index (χ0v) is 12.3. The molecule has 0 aliphatic heterocycles. The van der Waals surface area contributed by atoms with Gasteiger partial charge in [-0.1, -0.05) is 0 Å². The van der Waals surface area contributed by atoms with Crippen LogP contribution in [-0.4, -0.2) is 25.2 Å². The Morgan fingerprint density at radius 3 is 2.47 bits per heavy atom. The van der Waals surface area contributed by atoms with Crippen LogP contribution in [0.4, 0.5) is 5.69 Å². The Hall–Kier alpha value is -1.46. The van der Waals surface area contributed by atoms with E-state index < -0.39 is 6.04 Å². The Labute approximate surface area is 119 Å². The van der Waals surface area contributed by atoms with Gasteiger partial charge in [0, 0.05) is 6.07 Å². The molecule has 0 aromatic heterocycles. The highest BCUT2D eigenvalue weighted by Gasteiger charge is 2.12. The maximum atomic E-state index is 11.6.